The summed E-state index contributed by atoms with van der Waals surface area (Å²) < 4.78 is 0. The molecule has 2 nitrogen and oxygen atoms in total. The Labute approximate surface area is 95.6 Å². The van der Waals surface area contributed by atoms with Gasteiger partial charge in [-0.25, -0.2) is 0 Å². The van der Waals surface area contributed by atoms with Gasteiger partial charge in [-0.2, -0.15) is 0 Å². The minimum Gasteiger partial charge on any atom is -0.298 e. The van der Waals surface area contributed by atoms with Crippen LogP contribution in [0, 0.1) is 6.92 Å². The molecule has 1 saturated heterocycles. The first-order valence-electron chi connectivity index (χ1n) is 5.43. The van der Waals surface area contributed by atoms with Crippen LogP contribution in [-0.2, 0) is 0 Å². The van der Waals surface area contributed by atoms with E-state index in [0.29, 0.717) is 6.17 Å². The second-order valence-corrected chi connectivity index (χ2v) is 5.01. The number of aryl methyl sites for hydroxylation is 1. The van der Waals surface area contributed by atoms with Crippen molar-refractivity contribution < 1.29 is 0 Å². The van der Waals surface area contributed by atoms with Gasteiger partial charge >= 0.3 is 0 Å². The molecule has 0 bridgehead atoms. The number of nitrogens with zero attached hydrogens (tertiary/aromatic N) is 1. The Kier molecular flexibility index (Phi) is 3.57. The average Bonchev–Trinajstić information content (AvgIpc) is 2.63. The maximum Gasteiger partial charge on any atom is 0.0790 e. The highest BCUT2D eigenvalue weighted by molar-refractivity contribution is 7.11. The lowest BCUT2D eigenvalue weighted by Crippen LogP contribution is -2.47. The normalized spacial score (nSPS) is 23.7. The molecule has 1 unspecified atom stereocenters. The molecule has 1 aromatic heterocycles. The molecule has 0 amide bonds. The topological polar surface area (TPSA) is 15.3 Å². The molecule has 1 aromatic rings. The molecule has 0 aliphatic carbocycles. The van der Waals surface area contributed by atoms with Gasteiger partial charge in [0.1, 0.15) is 0 Å². The van der Waals surface area contributed by atoms with Crippen LogP contribution < -0.4 is 5.32 Å². The summed E-state index contributed by atoms with van der Waals surface area (Å²) >= 11 is 1.81. The van der Waals surface area contributed by atoms with Crippen LogP contribution in [0.3, 0.4) is 0 Å². The summed E-state index contributed by atoms with van der Waals surface area (Å²) in [5.74, 6) is 0. The highest BCUT2D eigenvalue weighted by atomic mass is 32.1. The van der Waals surface area contributed by atoms with E-state index in [4.69, 9.17) is 0 Å². The van der Waals surface area contributed by atoms with Crippen molar-refractivity contribution in [1.82, 2.24) is 10.2 Å². The third kappa shape index (κ3) is 2.68. The van der Waals surface area contributed by atoms with E-state index in [-0.39, 0.29) is 0 Å². The Morgan fingerprint density at radius 2 is 2.47 bits per heavy atom. The van der Waals surface area contributed by atoms with E-state index in [9.17, 15) is 0 Å². The summed E-state index contributed by atoms with van der Waals surface area (Å²) in [5.41, 5.74) is 1.37. The Hall–Kier alpha value is -0.640. The Bertz CT molecular complexity index is 343. The first kappa shape index (κ1) is 10.9. The van der Waals surface area contributed by atoms with Crippen LogP contribution in [0.2, 0.25) is 0 Å². The van der Waals surface area contributed by atoms with Gasteiger partial charge in [0.05, 0.1) is 6.17 Å². The van der Waals surface area contributed by atoms with Gasteiger partial charge in [-0.3, -0.25) is 10.2 Å². The summed E-state index contributed by atoms with van der Waals surface area (Å²) in [7, 11) is 2.17. The van der Waals surface area contributed by atoms with Gasteiger partial charge in [-0.05, 0) is 50.0 Å². The van der Waals surface area contributed by atoms with Crippen molar-refractivity contribution >= 4 is 17.4 Å². The predicted molar refractivity (Wildman–Crippen MR) is 67.1 cm³/mol. The van der Waals surface area contributed by atoms with E-state index in [1.807, 2.05) is 0 Å². The molecule has 2 heterocycles. The molecule has 0 saturated carbocycles. The number of hydrogen-bond donors (Lipinski definition) is 1. The highest BCUT2D eigenvalue weighted by Crippen LogP contribution is 2.17. The van der Waals surface area contributed by atoms with Crippen molar-refractivity contribution in [2.24, 2.45) is 0 Å². The number of rotatable bonds is 2. The van der Waals surface area contributed by atoms with Crippen molar-refractivity contribution in [3.8, 4) is 0 Å². The van der Waals surface area contributed by atoms with Crippen molar-refractivity contribution in [2.45, 2.75) is 19.5 Å². The molecule has 0 spiro atoms. The third-order valence-electron chi connectivity index (χ3n) is 2.85. The minimum absolute atomic E-state index is 0.403. The maximum absolute atomic E-state index is 3.49. The number of likely N-dealkylation sites (N-methyl/N-ethyl adjacent to an activating group) is 1. The van der Waals surface area contributed by atoms with E-state index in [2.05, 4.69) is 47.8 Å². The number of hydrogen-bond acceptors (Lipinski definition) is 3. The Morgan fingerprint density at radius 1 is 1.60 bits per heavy atom. The molecular weight excluding hydrogens is 204 g/mol. The van der Waals surface area contributed by atoms with Gasteiger partial charge in [-0.15, -0.1) is 11.3 Å². The first-order chi connectivity index (χ1) is 7.27. The van der Waals surface area contributed by atoms with Crippen molar-refractivity contribution in [2.75, 3.05) is 20.1 Å². The molecular formula is C12H18N2S. The lowest BCUT2D eigenvalue weighted by atomic mass is 10.2. The molecule has 1 aliphatic rings. The van der Waals surface area contributed by atoms with E-state index in [0.717, 1.165) is 6.54 Å². The molecule has 1 atom stereocenters. The van der Waals surface area contributed by atoms with Crippen LogP contribution in [-0.4, -0.2) is 31.2 Å². The first-order valence-corrected chi connectivity index (χ1v) is 6.31. The monoisotopic (exact) mass is 222 g/mol. The molecule has 1 N–H and O–H groups in total. The van der Waals surface area contributed by atoms with Crippen LogP contribution in [0.5, 0.6) is 0 Å². The largest absolute Gasteiger partial charge is 0.298 e. The van der Waals surface area contributed by atoms with Crippen LogP contribution in [0.25, 0.3) is 6.08 Å². The Morgan fingerprint density at radius 3 is 3.13 bits per heavy atom. The lowest BCUT2D eigenvalue weighted by molar-refractivity contribution is 0.204. The van der Waals surface area contributed by atoms with Crippen molar-refractivity contribution in [3.63, 3.8) is 0 Å². The molecule has 3 heteroatoms. The van der Waals surface area contributed by atoms with Crippen LogP contribution in [0.1, 0.15) is 16.9 Å². The zero-order chi connectivity index (χ0) is 10.7. The zero-order valence-corrected chi connectivity index (χ0v) is 10.2. The third-order valence-corrected chi connectivity index (χ3v) is 3.83. The average molecular weight is 222 g/mol. The summed E-state index contributed by atoms with van der Waals surface area (Å²) in [6.45, 7) is 4.47. The van der Waals surface area contributed by atoms with E-state index >= 15 is 0 Å². The smallest absolute Gasteiger partial charge is 0.0790 e. The van der Waals surface area contributed by atoms with Gasteiger partial charge < -0.3 is 0 Å². The summed E-state index contributed by atoms with van der Waals surface area (Å²) in [6.07, 6.45) is 6.15. The van der Waals surface area contributed by atoms with Crippen LogP contribution in [0.4, 0.5) is 0 Å². The SMILES string of the molecule is Cc1ccsc1/C=C/C1NCCCN1C. The van der Waals surface area contributed by atoms with Gasteiger partial charge in [0.2, 0.25) is 0 Å². The molecule has 0 aromatic carbocycles. The molecule has 15 heavy (non-hydrogen) atoms. The van der Waals surface area contributed by atoms with Crippen molar-refractivity contribution in [3.05, 3.63) is 28.0 Å². The molecule has 2 rings (SSSR count). The van der Waals surface area contributed by atoms with Crippen LogP contribution in [0.15, 0.2) is 17.5 Å². The fourth-order valence-electron chi connectivity index (χ4n) is 1.82. The summed E-state index contributed by atoms with van der Waals surface area (Å²) in [6, 6.07) is 2.17. The number of thiophene rings is 1. The zero-order valence-electron chi connectivity index (χ0n) is 9.36. The van der Waals surface area contributed by atoms with E-state index < -0.39 is 0 Å². The molecule has 82 valence electrons. The Balaban J connectivity index is 2.01. The molecule has 0 radical (unpaired) electrons. The van der Waals surface area contributed by atoms with E-state index in [1.54, 1.807) is 11.3 Å². The maximum atomic E-state index is 3.49. The van der Waals surface area contributed by atoms with Gasteiger partial charge in [0.25, 0.3) is 0 Å². The van der Waals surface area contributed by atoms with E-state index in [1.165, 1.54) is 23.4 Å². The minimum atomic E-state index is 0.403. The van der Waals surface area contributed by atoms with Crippen LogP contribution >= 0.6 is 11.3 Å². The summed E-state index contributed by atoms with van der Waals surface area (Å²) in [4.78, 5) is 3.72. The standard InChI is InChI=1S/C12H18N2S/c1-10-6-9-15-11(10)4-5-12-13-7-3-8-14(12)2/h4-6,9,12-13H,3,7-8H2,1-2H3/b5-4+. The van der Waals surface area contributed by atoms with Gasteiger partial charge in [0, 0.05) is 11.4 Å². The fourth-order valence-corrected chi connectivity index (χ4v) is 2.65. The number of nitrogens with one attached hydrogen (secondary N) is 1. The second-order valence-electron chi connectivity index (χ2n) is 4.06. The fraction of sp³-hybridized carbons (Fsp3) is 0.500. The molecule has 1 aliphatic heterocycles. The summed E-state index contributed by atoms with van der Waals surface area (Å²) in [5, 5.41) is 5.64. The predicted octanol–water partition coefficient (Wildman–Crippen LogP) is 2.32. The highest BCUT2D eigenvalue weighted by Gasteiger charge is 2.14. The van der Waals surface area contributed by atoms with Crippen molar-refractivity contribution in [1.29, 1.82) is 0 Å². The molecule has 1 fully saturated rings. The van der Waals surface area contributed by atoms with Gasteiger partial charge in [-0.1, -0.05) is 6.08 Å². The second kappa shape index (κ2) is 4.92. The van der Waals surface area contributed by atoms with Gasteiger partial charge in [0.15, 0.2) is 0 Å². The lowest BCUT2D eigenvalue weighted by Gasteiger charge is -2.31. The quantitative estimate of drug-likeness (QED) is 0.826.